The second-order valence-corrected chi connectivity index (χ2v) is 10.1. The highest BCUT2D eigenvalue weighted by Crippen LogP contribution is 2.63. The standard InChI is InChI=1S/C25H23F6N2OP/c1-32-22(18-10-6-12-20(14-18)24(26,27)28)23(19-11-7-13-21(15-19)25(29,30)31)33(2)35(32)34-16-17-8-4-3-5-9-17/h3-15,22-23H,16H2,1-2H3/t22-,23-/m0/s1/i16D/t16?,22-,23-. The normalized spacial score (nSPS) is 21.8. The van der Waals surface area contributed by atoms with Gasteiger partial charge in [0.15, 0.2) is 8.45 Å². The third-order valence-electron chi connectivity index (χ3n) is 5.84. The van der Waals surface area contributed by atoms with Crippen LogP contribution in [0.25, 0.3) is 0 Å². The van der Waals surface area contributed by atoms with Gasteiger partial charge in [-0.15, -0.1) is 0 Å². The summed E-state index contributed by atoms with van der Waals surface area (Å²) in [6.45, 7) is -1.09. The lowest BCUT2D eigenvalue weighted by Crippen LogP contribution is -2.22. The number of benzene rings is 3. The van der Waals surface area contributed by atoms with E-state index in [-0.39, 0.29) is 11.1 Å². The minimum absolute atomic E-state index is 0.288. The Kier molecular flexibility index (Phi) is 6.86. The summed E-state index contributed by atoms with van der Waals surface area (Å²) in [7, 11) is 1.59. The number of hydrogen-bond donors (Lipinski definition) is 0. The number of likely N-dealkylation sites (N-methyl/N-ethyl adjacent to an activating group) is 2. The molecule has 3 aromatic rings. The first-order chi connectivity index (χ1) is 16.9. The van der Waals surface area contributed by atoms with Gasteiger partial charge in [-0.05, 0) is 55.1 Å². The number of rotatable bonds is 5. The maximum Gasteiger partial charge on any atom is 0.416 e. The number of alkyl halides is 6. The van der Waals surface area contributed by atoms with E-state index >= 15 is 0 Å². The van der Waals surface area contributed by atoms with Crippen LogP contribution in [-0.4, -0.2) is 23.4 Å². The summed E-state index contributed by atoms with van der Waals surface area (Å²) in [6.07, 6.45) is -9.16. The zero-order chi connectivity index (χ0) is 26.3. The Balaban J connectivity index is 1.77. The van der Waals surface area contributed by atoms with E-state index in [1.165, 1.54) is 24.3 Å². The van der Waals surface area contributed by atoms with Crippen LogP contribution in [0, 0.1) is 0 Å². The topological polar surface area (TPSA) is 15.7 Å². The average molecular weight is 513 g/mol. The highest BCUT2D eigenvalue weighted by Gasteiger charge is 2.47. The average Bonchev–Trinajstić information content (AvgIpc) is 3.08. The Morgan fingerprint density at radius 1 is 0.743 bits per heavy atom. The molecule has 35 heavy (non-hydrogen) atoms. The van der Waals surface area contributed by atoms with Crippen molar-refractivity contribution in [1.82, 2.24) is 9.34 Å². The molecule has 0 N–H and O–H groups in total. The summed E-state index contributed by atoms with van der Waals surface area (Å²) >= 11 is 0. The van der Waals surface area contributed by atoms with Crippen LogP contribution in [0.1, 0.15) is 41.3 Å². The summed E-state index contributed by atoms with van der Waals surface area (Å²) in [6, 6.07) is 16.8. The molecule has 1 fully saturated rings. The van der Waals surface area contributed by atoms with Gasteiger partial charge in [0.25, 0.3) is 0 Å². The molecule has 1 aliphatic heterocycles. The molecule has 1 unspecified atom stereocenters. The van der Waals surface area contributed by atoms with E-state index in [0.29, 0.717) is 5.56 Å². The lowest BCUT2D eigenvalue weighted by atomic mass is 9.91. The van der Waals surface area contributed by atoms with Gasteiger partial charge in [0, 0.05) is 0 Å². The van der Waals surface area contributed by atoms with Gasteiger partial charge < -0.3 is 4.52 Å². The second kappa shape index (κ2) is 9.90. The lowest BCUT2D eigenvalue weighted by Gasteiger charge is -2.27. The van der Waals surface area contributed by atoms with Crippen LogP contribution in [0.5, 0.6) is 0 Å². The van der Waals surface area contributed by atoms with Crippen molar-refractivity contribution in [3.8, 4) is 0 Å². The van der Waals surface area contributed by atoms with E-state index < -0.39 is 50.6 Å². The van der Waals surface area contributed by atoms with Gasteiger partial charge in [-0.3, -0.25) is 0 Å². The number of hydrogen-bond acceptors (Lipinski definition) is 3. The molecular weight excluding hydrogens is 489 g/mol. The van der Waals surface area contributed by atoms with Crippen molar-refractivity contribution in [2.45, 2.75) is 31.0 Å². The third kappa shape index (κ3) is 5.54. The smallest absolute Gasteiger partial charge is 0.326 e. The number of nitrogens with zero attached hydrogens (tertiary/aromatic N) is 2. The molecule has 3 aromatic carbocycles. The van der Waals surface area contributed by atoms with Gasteiger partial charge in [-0.25, -0.2) is 9.34 Å². The van der Waals surface area contributed by atoms with E-state index in [1.807, 2.05) is 0 Å². The van der Waals surface area contributed by atoms with Crippen molar-refractivity contribution >= 4 is 8.45 Å². The molecule has 0 saturated carbocycles. The Morgan fingerprint density at radius 3 is 1.63 bits per heavy atom. The van der Waals surface area contributed by atoms with Gasteiger partial charge in [0.1, 0.15) is 0 Å². The van der Waals surface area contributed by atoms with E-state index in [2.05, 4.69) is 0 Å². The van der Waals surface area contributed by atoms with Crippen molar-refractivity contribution in [2.75, 3.05) is 14.1 Å². The molecule has 0 aliphatic carbocycles. The minimum Gasteiger partial charge on any atom is -0.326 e. The fourth-order valence-corrected chi connectivity index (χ4v) is 6.13. The van der Waals surface area contributed by atoms with Crippen LogP contribution in [0.15, 0.2) is 78.9 Å². The Morgan fingerprint density at radius 2 is 1.20 bits per heavy atom. The van der Waals surface area contributed by atoms with E-state index in [1.54, 1.807) is 53.8 Å². The van der Waals surface area contributed by atoms with Crippen LogP contribution >= 0.6 is 8.45 Å². The molecule has 4 rings (SSSR count). The molecule has 186 valence electrons. The molecule has 0 aromatic heterocycles. The van der Waals surface area contributed by atoms with Gasteiger partial charge in [0.2, 0.25) is 0 Å². The predicted molar refractivity (Wildman–Crippen MR) is 122 cm³/mol. The molecule has 0 radical (unpaired) electrons. The van der Waals surface area contributed by atoms with Crippen molar-refractivity contribution < 1.29 is 32.2 Å². The largest absolute Gasteiger partial charge is 0.416 e. The fraction of sp³-hybridized carbons (Fsp3) is 0.280. The van der Waals surface area contributed by atoms with Crippen LogP contribution in [0.2, 0.25) is 0 Å². The quantitative estimate of drug-likeness (QED) is 0.256. The third-order valence-corrected chi connectivity index (χ3v) is 7.71. The zero-order valence-corrected chi connectivity index (χ0v) is 19.6. The van der Waals surface area contributed by atoms with Crippen LogP contribution < -0.4 is 0 Å². The van der Waals surface area contributed by atoms with Gasteiger partial charge >= 0.3 is 12.4 Å². The zero-order valence-electron chi connectivity index (χ0n) is 19.8. The van der Waals surface area contributed by atoms with Crippen molar-refractivity contribution in [1.29, 1.82) is 0 Å². The summed E-state index contributed by atoms with van der Waals surface area (Å²) in [4.78, 5) is 0. The van der Waals surface area contributed by atoms with E-state index in [9.17, 15) is 26.3 Å². The maximum atomic E-state index is 13.5. The Labute approximate surface area is 202 Å². The van der Waals surface area contributed by atoms with Crippen LogP contribution in [-0.2, 0) is 23.5 Å². The molecule has 0 spiro atoms. The molecular formula is C25H23F6N2OP. The van der Waals surface area contributed by atoms with Crippen LogP contribution in [0.3, 0.4) is 0 Å². The first-order valence-corrected chi connectivity index (χ1v) is 11.8. The molecule has 3 atom stereocenters. The predicted octanol–water partition coefficient (Wildman–Crippen LogP) is 7.83. The highest BCUT2D eigenvalue weighted by atomic mass is 31.2. The summed E-state index contributed by atoms with van der Waals surface area (Å²) in [5.74, 6) is 0. The molecule has 0 bridgehead atoms. The van der Waals surface area contributed by atoms with E-state index in [4.69, 9.17) is 5.89 Å². The lowest BCUT2D eigenvalue weighted by molar-refractivity contribution is -0.138. The van der Waals surface area contributed by atoms with E-state index in [0.717, 1.165) is 24.3 Å². The SMILES string of the molecule is [2H]C(OP1N(C)[C@@H](c2cccc(C(F)(F)F)c2)[C@H](c2cccc(C(F)(F)F)c2)N1C)c1ccccc1. The molecule has 1 heterocycles. The Hall–Kier alpha value is -2.45. The molecule has 3 nitrogen and oxygen atoms in total. The van der Waals surface area contributed by atoms with Gasteiger partial charge in [0.05, 0.1) is 31.2 Å². The molecule has 10 heteroatoms. The Bertz CT molecular complexity index is 1120. The van der Waals surface area contributed by atoms with Crippen molar-refractivity contribution in [3.63, 3.8) is 0 Å². The molecule has 1 aliphatic rings. The van der Waals surface area contributed by atoms with Crippen molar-refractivity contribution in [3.05, 3.63) is 107 Å². The molecule has 0 amide bonds. The monoisotopic (exact) mass is 513 g/mol. The first-order valence-electron chi connectivity index (χ1n) is 11.2. The van der Waals surface area contributed by atoms with Gasteiger partial charge in [-0.2, -0.15) is 26.3 Å². The van der Waals surface area contributed by atoms with Crippen molar-refractivity contribution in [2.24, 2.45) is 0 Å². The minimum atomic E-state index is -4.58. The van der Waals surface area contributed by atoms with Gasteiger partial charge in [-0.1, -0.05) is 54.6 Å². The highest BCUT2D eigenvalue weighted by molar-refractivity contribution is 7.47. The summed E-state index contributed by atoms with van der Waals surface area (Å²) in [5.41, 5.74) is -0.537. The number of halogens is 6. The summed E-state index contributed by atoms with van der Waals surface area (Å²) < 4.78 is 98.8. The van der Waals surface area contributed by atoms with Crippen LogP contribution in [0.4, 0.5) is 26.3 Å². The maximum absolute atomic E-state index is 13.5. The second-order valence-electron chi connectivity index (χ2n) is 8.17. The fourth-order valence-electron chi connectivity index (χ4n) is 4.23. The summed E-state index contributed by atoms with van der Waals surface area (Å²) in [5, 5.41) is 0. The molecule has 1 saturated heterocycles. The first kappa shape index (κ1) is 24.3.